The lowest BCUT2D eigenvalue weighted by Gasteiger charge is -2.10. The van der Waals surface area contributed by atoms with Crippen LogP contribution in [0.1, 0.15) is 44.3 Å². The van der Waals surface area contributed by atoms with Crippen LogP contribution in [0.5, 0.6) is 0 Å². The van der Waals surface area contributed by atoms with Crippen LogP contribution in [0.25, 0.3) is 0 Å². The summed E-state index contributed by atoms with van der Waals surface area (Å²) in [6.07, 6.45) is 4.92. The molecule has 1 N–H and O–H groups in total. The van der Waals surface area contributed by atoms with Crippen molar-refractivity contribution in [3.8, 4) is 0 Å². The average Bonchev–Trinajstić information content (AvgIpc) is 2.34. The van der Waals surface area contributed by atoms with Crippen LogP contribution in [0.4, 0.5) is 0 Å². The first-order valence-corrected chi connectivity index (χ1v) is 7.30. The highest BCUT2D eigenvalue weighted by Crippen LogP contribution is 2.18. The third-order valence-electron chi connectivity index (χ3n) is 2.60. The average molecular weight is 238 g/mol. The van der Waals surface area contributed by atoms with Crippen LogP contribution in [0, 0.1) is 0 Å². The van der Waals surface area contributed by atoms with E-state index in [2.05, 4.69) is 6.92 Å². The van der Waals surface area contributed by atoms with E-state index in [0.717, 1.165) is 11.3 Å². The Labute approximate surface area is 103 Å². The summed E-state index contributed by atoms with van der Waals surface area (Å²) in [5.74, 6) is 1.99. The van der Waals surface area contributed by atoms with Crippen LogP contribution >= 0.6 is 11.8 Å². The van der Waals surface area contributed by atoms with E-state index in [4.69, 9.17) is 0 Å². The van der Waals surface area contributed by atoms with Gasteiger partial charge in [-0.2, -0.15) is 11.8 Å². The SMILES string of the molecule is CCCCCCSCC(O)c1ccccc1. The summed E-state index contributed by atoms with van der Waals surface area (Å²) >= 11 is 1.86. The molecule has 16 heavy (non-hydrogen) atoms. The first-order chi connectivity index (χ1) is 7.84. The fourth-order valence-corrected chi connectivity index (χ4v) is 2.59. The van der Waals surface area contributed by atoms with Gasteiger partial charge in [-0.15, -0.1) is 0 Å². The highest BCUT2D eigenvalue weighted by Gasteiger charge is 2.05. The molecular weight excluding hydrogens is 216 g/mol. The molecule has 90 valence electrons. The van der Waals surface area contributed by atoms with Gasteiger partial charge in [-0.3, -0.25) is 0 Å². The Hall–Kier alpha value is -0.470. The molecule has 0 heterocycles. The summed E-state index contributed by atoms with van der Waals surface area (Å²) in [4.78, 5) is 0. The minimum Gasteiger partial charge on any atom is -0.388 e. The van der Waals surface area contributed by atoms with E-state index < -0.39 is 0 Å². The zero-order chi connectivity index (χ0) is 11.6. The van der Waals surface area contributed by atoms with Crippen LogP contribution < -0.4 is 0 Å². The van der Waals surface area contributed by atoms with Crippen LogP contribution in [-0.4, -0.2) is 16.6 Å². The van der Waals surface area contributed by atoms with Gasteiger partial charge >= 0.3 is 0 Å². The molecule has 0 spiro atoms. The largest absolute Gasteiger partial charge is 0.388 e. The lowest BCUT2D eigenvalue weighted by molar-refractivity contribution is 0.204. The number of rotatable bonds is 8. The first-order valence-electron chi connectivity index (χ1n) is 6.15. The van der Waals surface area contributed by atoms with Gasteiger partial charge in [0.1, 0.15) is 0 Å². The normalized spacial score (nSPS) is 12.6. The molecule has 0 radical (unpaired) electrons. The zero-order valence-electron chi connectivity index (χ0n) is 10.1. The molecule has 0 aliphatic heterocycles. The van der Waals surface area contributed by atoms with Crippen LogP contribution in [-0.2, 0) is 0 Å². The van der Waals surface area contributed by atoms with Crippen molar-refractivity contribution in [3.63, 3.8) is 0 Å². The van der Waals surface area contributed by atoms with Gasteiger partial charge < -0.3 is 5.11 Å². The van der Waals surface area contributed by atoms with Gasteiger partial charge in [0.05, 0.1) is 6.10 Å². The van der Waals surface area contributed by atoms with E-state index in [1.807, 2.05) is 42.1 Å². The molecule has 0 amide bonds. The Morgan fingerprint density at radius 2 is 1.88 bits per heavy atom. The van der Waals surface area contributed by atoms with Crippen molar-refractivity contribution in [1.82, 2.24) is 0 Å². The van der Waals surface area contributed by atoms with E-state index in [9.17, 15) is 5.11 Å². The number of thioether (sulfide) groups is 1. The maximum absolute atomic E-state index is 9.90. The molecule has 1 atom stereocenters. The fourth-order valence-electron chi connectivity index (χ4n) is 1.60. The maximum Gasteiger partial charge on any atom is 0.0880 e. The minimum atomic E-state index is -0.308. The lowest BCUT2D eigenvalue weighted by Crippen LogP contribution is -2.00. The van der Waals surface area contributed by atoms with E-state index in [0.29, 0.717) is 0 Å². The summed E-state index contributed by atoms with van der Waals surface area (Å²) in [6, 6.07) is 9.91. The van der Waals surface area contributed by atoms with Crippen molar-refractivity contribution in [2.24, 2.45) is 0 Å². The van der Waals surface area contributed by atoms with Crippen molar-refractivity contribution < 1.29 is 5.11 Å². The molecule has 0 saturated carbocycles. The van der Waals surface area contributed by atoms with Gasteiger partial charge in [-0.1, -0.05) is 56.5 Å². The molecule has 1 rings (SSSR count). The predicted molar refractivity (Wildman–Crippen MR) is 72.9 cm³/mol. The van der Waals surface area contributed by atoms with Crippen molar-refractivity contribution in [1.29, 1.82) is 0 Å². The van der Waals surface area contributed by atoms with Crippen molar-refractivity contribution in [3.05, 3.63) is 35.9 Å². The topological polar surface area (TPSA) is 20.2 Å². The Morgan fingerprint density at radius 3 is 2.56 bits per heavy atom. The van der Waals surface area contributed by atoms with Gasteiger partial charge in [0.2, 0.25) is 0 Å². The van der Waals surface area contributed by atoms with Gasteiger partial charge in [-0.05, 0) is 17.7 Å². The summed E-state index contributed by atoms with van der Waals surface area (Å²) in [7, 11) is 0. The predicted octanol–water partition coefficient (Wildman–Crippen LogP) is 4.03. The number of unbranched alkanes of at least 4 members (excludes halogenated alkanes) is 3. The standard InChI is InChI=1S/C14H22OS/c1-2-3-4-8-11-16-12-14(15)13-9-6-5-7-10-13/h5-7,9-10,14-15H,2-4,8,11-12H2,1H3. The van der Waals surface area contributed by atoms with Crippen molar-refractivity contribution >= 4 is 11.8 Å². The second-order valence-corrected chi connectivity index (χ2v) is 5.21. The molecule has 0 aromatic heterocycles. The Bertz CT molecular complexity index is 261. The van der Waals surface area contributed by atoms with Crippen molar-refractivity contribution in [2.75, 3.05) is 11.5 Å². The minimum absolute atomic E-state index is 0.308. The summed E-state index contributed by atoms with van der Waals surface area (Å²) in [5.41, 5.74) is 1.03. The Morgan fingerprint density at radius 1 is 1.12 bits per heavy atom. The van der Waals surface area contributed by atoms with Crippen LogP contribution in [0.15, 0.2) is 30.3 Å². The monoisotopic (exact) mass is 238 g/mol. The summed E-state index contributed by atoms with van der Waals surface area (Å²) < 4.78 is 0. The second-order valence-electron chi connectivity index (χ2n) is 4.06. The van der Waals surface area contributed by atoms with Crippen molar-refractivity contribution in [2.45, 2.75) is 38.7 Å². The van der Waals surface area contributed by atoms with Gasteiger partial charge in [0, 0.05) is 5.75 Å². The van der Waals surface area contributed by atoms with Crippen LogP contribution in [0.2, 0.25) is 0 Å². The molecule has 1 unspecified atom stereocenters. The quantitative estimate of drug-likeness (QED) is 0.690. The summed E-state index contributed by atoms with van der Waals surface area (Å²) in [6.45, 7) is 2.23. The molecule has 1 aromatic carbocycles. The first kappa shape index (κ1) is 13.6. The third-order valence-corrected chi connectivity index (χ3v) is 3.73. The van der Waals surface area contributed by atoms with E-state index >= 15 is 0 Å². The molecule has 0 aliphatic rings. The number of aliphatic hydroxyl groups excluding tert-OH is 1. The highest BCUT2D eigenvalue weighted by atomic mass is 32.2. The van der Waals surface area contributed by atoms with E-state index in [1.54, 1.807) is 0 Å². The molecule has 2 heteroatoms. The lowest BCUT2D eigenvalue weighted by atomic mass is 10.1. The number of aliphatic hydroxyl groups is 1. The second kappa shape index (κ2) is 8.66. The maximum atomic E-state index is 9.90. The number of hydrogen-bond acceptors (Lipinski definition) is 2. The zero-order valence-corrected chi connectivity index (χ0v) is 10.9. The summed E-state index contributed by atoms with van der Waals surface area (Å²) in [5, 5.41) is 9.90. The smallest absolute Gasteiger partial charge is 0.0880 e. The molecule has 0 saturated heterocycles. The van der Waals surface area contributed by atoms with Crippen LogP contribution in [0.3, 0.4) is 0 Å². The molecule has 1 nitrogen and oxygen atoms in total. The molecule has 0 aliphatic carbocycles. The van der Waals surface area contributed by atoms with Gasteiger partial charge in [0.25, 0.3) is 0 Å². The highest BCUT2D eigenvalue weighted by molar-refractivity contribution is 7.99. The van der Waals surface area contributed by atoms with Gasteiger partial charge in [-0.25, -0.2) is 0 Å². The number of benzene rings is 1. The molecule has 0 fully saturated rings. The Balaban J connectivity index is 2.09. The van der Waals surface area contributed by atoms with E-state index in [1.165, 1.54) is 31.4 Å². The molecule has 1 aromatic rings. The Kier molecular flexibility index (Phi) is 7.35. The number of hydrogen-bond donors (Lipinski definition) is 1. The third kappa shape index (κ3) is 5.57. The van der Waals surface area contributed by atoms with E-state index in [-0.39, 0.29) is 6.10 Å². The molecule has 0 bridgehead atoms. The fraction of sp³-hybridized carbons (Fsp3) is 0.571. The molecular formula is C14H22OS. The van der Waals surface area contributed by atoms with Gasteiger partial charge in [0.15, 0.2) is 0 Å².